The molecule has 2 heterocycles. The van der Waals surface area contributed by atoms with Crippen molar-refractivity contribution in [3.8, 4) is 0 Å². The molecule has 0 spiro atoms. The molecule has 3 aromatic rings. The van der Waals surface area contributed by atoms with Crippen molar-refractivity contribution in [2.45, 2.75) is 6.42 Å². The van der Waals surface area contributed by atoms with E-state index in [1.807, 2.05) is 18.5 Å². The molecule has 0 saturated heterocycles. The molecule has 3 heteroatoms. The fourth-order valence-corrected chi connectivity index (χ4v) is 1.83. The van der Waals surface area contributed by atoms with Gasteiger partial charge in [-0.2, -0.15) is 5.10 Å². The van der Waals surface area contributed by atoms with E-state index < -0.39 is 0 Å². The van der Waals surface area contributed by atoms with E-state index >= 15 is 0 Å². The Kier molecular flexibility index (Phi) is 2.14. The molecule has 2 aromatic heterocycles. The largest absolute Gasteiger partial charge is 0.278 e. The molecular formula is C13H11N3. The summed E-state index contributed by atoms with van der Waals surface area (Å²) < 4.78 is 0. The molecule has 0 fully saturated rings. The van der Waals surface area contributed by atoms with Gasteiger partial charge in [0, 0.05) is 17.8 Å². The third-order valence-electron chi connectivity index (χ3n) is 2.64. The Morgan fingerprint density at radius 1 is 1.06 bits per heavy atom. The van der Waals surface area contributed by atoms with Gasteiger partial charge in [0.2, 0.25) is 0 Å². The second kappa shape index (κ2) is 3.77. The zero-order chi connectivity index (χ0) is 10.8. The molecule has 0 amide bonds. The second-order valence-corrected chi connectivity index (χ2v) is 3.83. The van der Waals surface area contributed by atoms with Crippen molar-refractivity contribution >= 4 is 10.9 Å². The summed E-state index contributed by atoms with van der Waals surface area (Å²) in [5.74, 6) is 0. The van der Waals surface area contributed by atoms with Crippen LogP contribution in [0.15, 0.2) is 48.9 Å². The van der Waals surface area contributed by atoms with Crippen molar-refractivity contribution in [2.75, 3.05) is 0 Å². The molecular weight excluding hydrogens is 198 g/mol. The number of H-pyrrole nitrogens is 1. The molecule has 0 aliphatic rings. The van der Waals surface area contributed by atoms with Crippen LogP contribution in [0.5, 0.6) is 0 Å². The fourth-order valence-electron chi connectivity index (χ4n) is 1.83. The number of pyridine rings is 1. The molecule has 0 radical (unpaired) electrons. The van der Waals surface area contributed by atoms with E-state index in [0.29, 0.717) is 0 Å². The molecule has 0 aliphatic heterocycles. The van der Waals surface area contributed by atoms with Gasteiger partial charge in [-0.25, -0.2) is 0 Å². The lowest BCUT2D eigenvalue weighted by atomic mass is 10.1. The van der Waals surface area contributed by atoms with E-state index in [1.165, 1.54) is 11.1 Å². The summed E-state index contributed by atoms with van der Waals surface area (Å²) in [6, 6.07) is 10.4. The number of hydrogen-bond donors (Lipinski definition) is 1. The Morgan fingerprint density at radius 3 is 2.94 bits per heavy atom. The normalized spacial score (nSPS) is 10.8. The summed E-state index contributed by atoms with van der Waals surface area (Å²) in [6.07, 6.45) is 6.44. The van der Waals surface area contributed by atoms with Gasteiger partial charge in [0.1, 0.15) is 0 Å². The fraction of sp³-hybridized carbons (Fsp3) is 0.0769. The van der Waals surface area contributed by atoms with Crippen molar-refractivity contribution in [3.05, 3.63) is 60.0 Å². The highest BCUT2D eigenvalue weighted by Crippen LogP contribution is 2.15. The highest BCUT2D eigenvalue weighted by molar-refractivity contribution is 5.78. The SMILES string of the molecule is c1cncc(Cc2ccc3cn[nH]c3c2)c1. The van der Waals surface area contributed by atoms with Crippen LogP contribution in [0, 0.1) is 0 Å². The molecule has 16 heavy (non-hydrogen) atoms. The van der Waals surface area contributed by atoms with E-state index in [9.17, 15) is 0 Å². The predicted molar refractivity (Wildman–Crippen MR) is 63.1 cm³/mol. The van der Waals surface area contributed by atoms with Gasteiger partial charge in [0.05, 0.1) is 11.7 Å². The van der Waals surface area contributed by atoms with Crippen molar-refractivity contribution in [2.24, 2.45) is 0 Å². The van der Waals surface area contributed by atoms with Gasteiger partial charge in [-0.05, 0) is 29.7 Å². The Morgan fingerprint density at radius 2 is 2.06 bits per heavy atom. The minimum Gasteiger partial charge on any atom is -0.278 e. The Labute approximate surface area is 93.2 Å². The van der Waals surface area contributed by atoms with Gasteiger partial charge in [-0.1, -0.05) is 18.2 Å². The number of rotatable bonds is 2. The van der Waals surface area contributed by atoms with Crippen LogP contribution in [0.4, 0.5) is 0 Å². The van der Waals surface area contributed by atoms with E-state index in [0.717, 1.165) is 17.3 Å². The summed E-state index contributed by atoms with van der Waals surface area (Å²) in [5, 5.41) is 8.14. The molecule has 1 N–H and O–H groups in total. The smallest absolute Gasteiger partial charge is 0.0653 e. The lowest BCUT2D eigenvalue weighted by Crippen LogP contribution is -1.88. The van der Waals surface area contributed by atoms with Crippen LogP contribution >= 0.6 is 0 Å². The Bertz CT molecular complexity index is 599. The number of aromatic amines is 1. The Hall–Kier alpha value is -2.16. The molecule has 0 bridgehead atoms. The van der Waals surface area contributed by atoms with Crippen molar-refractivity contribution in [1.29, 1.82) is 0 Å². The quantitative estimate of drug-likeness (QED) is 0.704. The monoisotopic (exact) mass is 209 g/mol. The summed E-state index contributed by atoms with van der Waals surface area (Å²) >= 11 is 0. The van der Waals surface area contributed by atoms with Gasteiger partial charge in [-0.3, -0.25) is 10.1 Å². The molecule has 78 valence electrons. The van der Waals surface area contributed by atoms with Gasteiger partial charge >= 0.3 is 0 Å². The summed E-state index contributed by atoms with van der Waals surface area (Å²) in [6.45, 7) is 0. The van der Waals surface area contributed by atoms with Crippen LogP contribution in [0.3, 0.4) is 0 Å². The molecule has 1 aromatic carbocycles. The minimum atomic E-state index is 0.906. The van der Waals surface area contributed by atoms with E-state index in [2.05, 4.69) is 39.4 Å². The first-order valence-corrected chi connectivity index (χ1v) is 5.23. The first-order chi connectivity index (χ1) is 7.92. The maximum Gasteiger partial charge on any atom is 0.0653 e. The number of benzene rings is 1. The topological polar surface area (TPSA) is 41.6 Å². The number of nitrogens with zero attached hydrogens (tertiary/aromatic N) is 2. The summed E-state index contributed by atoms with van der Waals surface area (Å²) in [5.41, 5.74) is 3.58. The van der Waals surface area contributed by atoms with Crippen LogP contribution in [0.1, 0.15) is 11.1 Å². The van der Waals surface area contributed by atoms with Gasteiger partial charge in [-0.15, -0.1) is 0 Å². The lowest BCUT2D eigenvalue weighted by Gasteiger charge is -2.01. The van der Waals surface area contributed by atoms with Gasteiger partial charge in [0.15, 0.2) is 0 Å². The van der Waals surface area contributed by atoms with E-state index in [1.54, 1.807) is 6.20 Å². The van der Waals surface area contributed by atoms with Gasteiger partial charge < -0.3 is 0 Å². The average Bonchev–Trinajstić information content (AvgIpc) is 2.77. The molecule has 3 nitrogen and oxygen atoms in total. The maximum absolute atomic E-state index is 4.11. The number of nitrogens with one attached hydrogen (secondary N) is 1. The Balaban J connectivity index is 1.94. The average molecular weight is 209 g/mol. The van der Waals surface area contributed by atoms with E-state index in [-0.39, 0.29) is 0 Å². The van der Waals surface area contributed by atoms with Crippen LogP contribution in [-0.2, 0) is 6.42 Å². The van der Waals surface area contributed by atoms with Crippen molar-refractivity contribution < 1.29 is 0 Å². The van der Waals surface area contributed by atoms with Crippen LogP contribution in [0.25, 0.3) is 10.9 Å². The summed E-state index contributed by atoms with van der Waals surface area (Å²) in [7, 11) is 0. The molecule has 0 atom stereocenters. The lowest BCUT2D eigenvalue weighted by molar-refractivity contribution is 1.11. The third-order valence-corrected chi connectivity index (χ3v) is 2.64. The van der Waals surface area contributed by atoms with Crippen molar-refractivity contribution in [1.82, 2.24) is 15.2 Å². The third kappa shape index (κ3) is 1.67. The van der Waals surface area contributed by atoms with Crippen LogP contribution in [-0.4, -0.2) is 15.2 Å². The maximum atomic E-state index is 4.11. The number of fused-ring (bicyclic) bond motifs is 1. The zero-order valence-corrected chi connectivity index (χ0v) is 8.72. The molecule has 0 saturated carbocycles. The molecule has 3 rings (SSSR count). The summed E-state index contributed by atoms with van der Waals surface area (Å²) in [4.78, 5) is 4.11. The van der Waals surface area contributed by atoms with Crippen molar-refractivity contribution in [3.63, 3.8) is 0 Å². The van der Waals surface area contributed by atoms with Crippen LogP contribution in [0.2, 0.25) is 0 Å². The predicted octanol–water partition coefficient (Wildman–Crippen LogP) is 2.55. The molecule has 0 unspecified atom stereocenters. The molecule has 0 aliphatic carbocycles. The van der Waals surface area contributed by atoms with Gasteiger partial charge in [0.25, 0.3) is 0 Å². The second-order valence-electron chi connectivity index (χ2n) is 3.83. The number of hydrogen-bond acceptors (Lipinski definition) is 2. The number of aromatic nitrogens is 3. The van der Waals surface area contributed by atoms with E-state index in [4.69, 9.17) is 0 Å². The first kappa shape index (κ1) is 9.09. The minimum absolute atomic E-state index is 0.906. The first-order valence-electron chi connectivity index (χ1n) is 5.23. The zero-order valence-electron chi connectivity index (χ0n) is 8.72. The van der Waals surface area contributed by atoms with Crippen LogP contribution < -0.4 is 0 Å². The highest BCUT2D eigenvalue weighted by atomic mass is 15.1. The highest BCUT2D eigenvalue weighted by Gasteiger charge is 1.99. The standard InChI is InChI=1S/C13H11N3/c1-2-11(8-14-5-1)6-10-3-4-12-9-15-16-13(12)7-10/h1-5,7-9H,6H2,(H,15,16).